The molecule has 0 aliphatic carbocycles. The smallest absolute Gasteiger partial charge is 0.231 e. The third kappa shape index (κ3) is 1.72. The summed E-state index contributed by atoms with van der Waals surface area (Å²) in [6.07, 6.45) is 1.19. The second kappa shape index (κ2) is 3.46. The van der Waals surface area contributed by atoms with Gasteiger partial charge in [0.25, 0.3) is 0 Å². The molecule has 0 radical (unpaired) electrons. The molecule has 0 bridgehead atoms. The quantitative estimate of drug-likeness (QED) is 0.704. The molecule has 0 saturated carbocycles. The van der Waals surface area contributed by atoms with Crippen LogP contribution in [0.1, 0.15) is 31.0 Å². The normalized spacial score (nSPS) is 29.1. The average Bonchev–Trinajstić information content (AvgIpc) is 2.53. The average molecular weight is 181 g/mol. The number of nitrogens with one attached hydrogen (secondary N) is 1. The molecule has 1 unspecified atom stereocenters. The molecule has 1 aliphatic heterocycles. The van der Waals surface area contributed by atoms with E-state index in [1.165, 1.54) is 6.42 Å². The Labute approximate surface area is 77.7 Å². The monoisotopic (exact) mass is 181 g/mol. The lowest BCUT2D eigenvalue weighted by Crippen LogP contribution is -2.34. The van der Waals surface area contributed by atoms with Crippen LogP contribution in [0.25, 0.3) is 0 Å². The summed E-state index contributed by atoms with van der Waals surface area (Å²) in [7, 11) is 0. The second-order valence-electron chi connectivity index (χ2n) is 3.76. The first-order valence-electron chi connectivity index (χ1n) is 4.78. The van der Waals surface area contributed by atoms with Gasteiger partial charge in [-0.1, -0.05) is 12.1 Å². The minimum atomic E-state index is 0.398. The van der Waals surface area contributed by atoms with E-state index in [1.54, 1.807) is 0 Å². The molecule has 1 fully saturated rings. The molecule has 1 aliphatic rings. The number of rotatable bonds is 1. The summed E-state index contributed by atoms with van der Waals surface area (Å²) in [4.78, 5) is 4.27. The zero-order valence-electron chi connectivity index (χ0n) is 8.08. The Hall–Kier alpha value is -0.900. The molecule has 1 saturated heterocycles. The first kappa shape index (κ1) is 8.69. The minimum Gasteiger partial charge on any atom is -0.339 e. The molecule has 0 spiro atoms. The summed E-state index contributed by atoms with van der Waals surface area (Å²) >= 11 is 0. The molecule has 4 nitrogen and oxygen atoms in total. The topological polar surface area (TPSA) is 51.0 Å². The first-order valence-corrected chi connectivity index (χ1v) is 4.78. The maximum absolute atomic E-state index is 5.17. The van der Waals surface area contributed by atoms with E-state index in [0.717, 1.165) is 24.8 Å². The Balaban J connectivity index is 2.14. The van der Waals surface area contributed by atoms with Crippen LogP contribution in [0.5, 0.6) is 0 Å². The predicted molar refractivity (Wildman–Crippen MR) is 48.4 cm³/mol. The lowest BCUT2D eigenvalue weighted by atomic mass is 9.88. The first-order chi connectivity index (χ1) is 6.27. The van der Waals surface area contributed by atoms with Crippen LogP contribution in [0.15, 0.2) is 4.52 Å². The van der Waals surface area contributed by atoms with Crippen LogP contribution in [-0.2, 0) is 0 Å². The molecular weight excluding hydrogens is 166 g/mol. The van der Waals surface area contributed by atoms with E-state index in [-0.39, 0.29) is 0 Å². The van der Waals surface area contributed by atoms with Crippen LogP contribution in [0.4, 0.5) is 0 Å². The Morgan fingerprint density at radius 2 is 2.38 bits per heavy atom. The summed E-state index contributed by atoms with van der Waals surface area (Å²) < 4.78 is 5.17. The standard InChI is InChI=1S/C9H15N3O/c1-6-3-4-10-5-8(6)9-11-7(2)12-13-9/h6,8,10H,3-5H2,1-2H3/t6?,8-/m1/s1. The second-order valence-corrected chi connectivity index (χ2v) is 3.76. The number of hydrogen-bond donors (Lipinski definition) is 1. The number of piperidine rings is 1. The summed E-state index contributed by atoms with van der Waals surface area (Å²) in [6.45, 7) is 6.16. The molecule has 1 aromatic heterocycles. The molecular formula is C9H15N3O. The highest BCUT2D eigenvalue weighted by Crippen LogP contribution is 2.27. The van der Waals surface area contributed by atoms with Gasteiger partial charge < -0.3 is 9.84 Å². The van der Waals surface area contributed by atoms with E-state index >= 15 is 0 Å². The highest BCUT2D eigenvalue weighted by atomic mass is 16.5. The van der Waals surface area contributed by atoms with Crippen molar-refractivity contribution in [1.82, 2.24) is 15.5 Å². The van der Waals surface area contributed by atoms with Gasteiger partial charge in [-0.25, -0.2) is 0 Å². The van der Waals surface area contributed by atoms with Crippen LogP contribution in [0.3, 0.4) is 0 Å². The maximum Gasteiger partial charge on any atom is 0.231 e. The van der Waals surface area contributed by atoms with Crippen LogP contribution in [0, 0.1) is 12.8 Å². The molecule has 0 amide bonds. The Bertz CT molecular complexity index is 284. The van der Waals surface area contributed by atoms with Gasteiger partial charge >= 0.3 is 0 Å². The molecule has 13 heavy (non-hydrogen) atoms. The molecule has 1 N–H and O–H groups in total. The Kier molecular flexibility index (Phi) is 2.31. The van der Waals surface area contributed by atoms with Gasteiger partial charge in [0.05, 0.1) is 5.92 Å². The minimum absolute atomic E-state index is 0.398. The molecule has 2 rings (SSSR count). The van der Waals surface area contributed by atoms with Gasteiger partial charge in [0.15, 0.2) is 5.82 Å². The highest BCUT2D eigenvalue weighted by molar-refractivity contribution is 4.98. The largest absolute Gasteiger partial charge is 0.339 e. The fourth-order valence-corrected chi connectivity index (χ4v) is 1.78. The van der Waals surface area contributed by atoms with Crippen LogP contribution in [-0.4, -0.2) is 23.2 Å². The maximum atomic E-state index is 5.17. The van der Waals surface area contributed by atoms with Crippen LogP contribution < -0.4 is 5.32 Å². The van der Waals surface area contributed by atoms with E-state index in [4.69, 9.17) is 4.52 Å². The summed E-state index contributed by atoms with van der Waals surface area (Å²) in [5, 5.41) is 7.16. The summed E-state index contributed by atoms with van der Waals surface area (Å²) in [5.41, 5.74) is 0. The fourth-order valence-electron chi connectivity index (χ4n) is 1.78. The molecule has 4 heteroatoms. The van der Waals surface area contributed by atoms with E-state index < -0.39 is 0 Å². The van der Waals surface area contributed by atoms with Gasteiger partial charge in [0.1, 0.15) is 0 Å². The Morgan fingerprint density at radius 1 is 1.54 bits per heavy atom. The van der Waals surface area contributed by atoms with Crippen molar-refractivity contribution in [1.29, 1.82) is 0 Å². The number of hydrogen-bond acceptors (Lipinski definition) is 4. The van der Waals surface area contributed by atoms with Crippen molar-refractivity contribution in [2.45, 2.75) is 26.2 Å². The van der Waals surface area contributed by atoms with Crippen LogP contribution >= 0.6 is 0 Å². The van der Waals surface area contributed by atoms with E-state index in [0.29, 0.717) is 11.8 Å². The molecule has 2 atom stereocenters. The number of aryl methyl sites for hydroxylation is 1. The third-order valence-corrected chi connectivity index (χ3v) is 2.69. The van der Waals surface area contributed by atoms with E-state index in [9.17, 15) is 0 Å². The van der Waals surface area contributed by atoms with Crippen molar-refractivity contribution in [3.63, 3.8) is 0 Å². The Morgan fingerprint density at radius 3 is 3.00 bits per heavy atom. The fraction of sp³-hybridized carbons (Fsp3) is 0.778. The molecule has 1 aromatic rings. The highest BCUT2D eigenvalue weighted by Gasteiger charge is 2.27. The van der Waals surface area contributed by atoms with E-state index in [2.05, 4.69) is 22.4 Å². The number of aromatic nitrogens is 2. The van der Waals surface area contributed by atoms with Gasteiger partial charge in [0, 0.05) is 6.54 Å². The molecule has 72 valence electrons. The lowest BCUT2D eigenvalue weighted by Gasteiger charge is -2.26. The third-order valence-electron chi connectivity index (χ3n) is 2.69. The SMILES string of the molecule is Cc1noc([C@@H]2CNCCC2C)n1. The number of nitrogens with zero attached hydrogens (tertiary/aromatic N) is 2. The lowest BCUT2D eigenvalue weighted by molar-refractivity contribution is 0.270. The predicted octanol–water partition coefficient (Wildman–Crippen LogP) is 1.09. The van der Waals surface area contributed by atoms with Gasteiger partial charge in [-0.15, -0.1) is 0 Å². The van der Waals surface area contributed by atoms with Crippen molar-refractivity contribution in [2.75, 3.05) is 13.1 Å². The van der Waals surface area contributed by atoms with Gasteiger partial charge in [-0.2, -0.15) is 4.98 Å². The van der Waals surface area contributed by atoms with Crippen LogP contribution in [0.2, 0.25) is 0 Å². The van der Waals surface area contributed by atoms with Gasteiger partial charge in [-0.05, 0) is 25.8 Å². The van der Waals surface area contributed by atoms with Crippen molar-refractivity contribution < 1.29 is 4.52 Å². The molecule has 2 heterocycles. The summed E-state index contributed by atoms with van der Waals surface area (Å²) in [5.74, 6) is 2.56. The van der Waals surface area contributed by atoms with Crippen molar-refractivity contribution in [3.05, 3.63) is 11.7 Å². The zero-order valence-corrected chi connectivity index (χ0v) is 8.08. The van der Waals surface area contributed by atoms with Gasteiger partial charge in [-0.3, -0.25) is 0 Å². The van der Waals surface area contributed by atoms with Gasteiger partial charge in [0.2, 0.25) is 5.89 Å². The van der Waals surface area contributed by atoms with Crippen molar-refractivity contribution >= 4 is 0 Å². The molecule has 0 aromatic carbocycles. The van der Waals surface area contributed by atoms with Crippen molar-refractivity contribution in [2.24, 2.45) is 5.92 Å². The van der Waals surface area contributed by atoms with Crippen molar-refractivity contribution in [3.8, 4) is 0 Å². The zero-order chi connectivity index (χ0) is 9.26. The van der Waals surface area contributed by atoms with E-state index in [1.807, 2.05) is 6.92 Å². The summed E-state index contributed by atoms with van der Waals surface area (Å²) in [6, 6.07) is 0.